The van der Waals surface area contributed by atoms with E-state index in [9.17, 15) is 8.42 Å². The van der Waals surface area contributed by atoms with E-state index in [1.807, 2.05) is 26.0 Å². The maximum absolute atomic E-state index is 12.9. The van der Waals surface area contributed by atoms with Gasteiger partial charge in [-0.2, -0.15) is 0 Å². The minimum Gasteiger partial charge on any atom is -0.313 e. The molecule has 0 spiro atoms. The van der Waals surface area contributed by atoms with Crippen molar-refractivity contribution in [1.82, 2.24) is 5.32 Å². The predicted octanol–water partition coefficient (Wildman–Crippen LogP) is 3.72. The van der Waals surface area contributed by atoms with Gasteiger partial charge in [0.2, 0.25) is 0 Å². The summed E-state index contributed by atoms with van der Waals surface area (Å²) in [5.41, 5.74) is 1.08. The van der Waals surface area contributed by atoms with E-state index in [1.54, 1.807) is 12.1 Å². The van der Waals surface area contributed by atoms with Gasteiger partial charge in [-0.3, -0.25) is 0 Å². The van der Waals surface area contributed by atoms with Gasteiger partial charge in [0.15, 0.2) is 9.84 Å². The van der Waals surface area contributed by atoms with Gasteiger partial charge in [0.05, 0.1) is 10.1 Å². The molecule has 4 heteroatoms. The van der Waals surface area contributed by atoms with Crippen LogP contribution in [0.4, 0.5) is 0 Å². The van der Waals surface area contributed by atoms with Crippen molar-refractivity contribution in [2.75, 3.05) is 6.54 Å². The summed E-state index contributed by atoms with van der Waals surface area (Å²) in [4.78, 5) is 0.444. The van der Waals surface area contributed by atoms with Crippen LogP contribution in [0, 0.1) is 6.92 Å². The lowest BCUT2D eigenvalue weighted by atomic mass is 10.1. The lowest BCUT2D eigenvalue weighted by Crippen LogP contribution is -2.44. The zero-order valence-corrected chi connectivity index (χ0v) is 14.5. The highest BCUT2D eigenvalue weighted by Gasteiger charge is 2.32. The third-order valence-corrected chi connectivity index (χ3v) is 6.24. The molecule has 2 atom stereocenters. The number of hydrogen-bond acceptors (Lipinski definition) is 3. The molecule has 0 aromatic heterocycles. The normalized spacial score (nSPS) is 14.9. The minimum absolute atomic E-state index is 0.0336. The Kier molecular flexibility index (Phi) is 7.40. The van der Waals surface area contributed by atoms with Crippen LogP contribution in [0.1, 0.15) is 52.0 Å². The van der Waals surface area contributed by atoms with Crippen molar-refractivity contribution < 1.29 is 8.42 Å². The van der Waals surface area contributed by atoms with Crippen molar-refractivity contribution in [2.45, 2.75) is 69.6 Å². The maximum atomic E-state index is 12.9. The van der Waals surface area contributed by atoms with Gasteiger partial charge in [-0.25, -0.2) is 8.42 Å². The molecule has 0 aliphatic rings. The number of sulfone groups is 1. The Hall–Kier alpha value is -0.870. The highest BCUT2D eigenvalue weighted by Crippen LogP contribution is 2.23. The van der Waals surface area contributed by atoms with Gasteiger partial charge in [-0.15, -0.1) is 0 Å². The van der Waals surface area contributed by atoms with Crippen LogP contribution in [0.3, 0.4) is 0 Å². The standard InChI is InChI=1S/C17H29NO2S/c1-5-8-16(18-13-6-2)17(7-3)21(19,20)15-11-9-14(4)10-12-15/h9-12,16-18H,5-8,13H2,1-4H3. The SMILES string of the molecule is CCCNC(CCC)C(CC)S(=O)(=O)c1ccc(C)cc1. The molecule has 0 aliphatic heterocycles. The monoisotopic (exact) mass is 311 g/mol. The van der Waals surface area contributed by atoms with Crippen molar-refractivity contribution in [2.24, 2.45) is 0 Å². The molecule has 2 unspecified atom stereocenters. The van der Waals surface area contributed by atoms with Crippen LogP contribution in [0.15, 0.2) is 29.2 Å². The van der Waals surface area contributed by atoms with Gasteiger partial charge in [0, 0.05) is 6.04 Å². The van der Waals surface area contributed by atoms with Crippen molar-refractivity contribution in [3.8, 4) is 0 Å². The van der Waals surface area contributed by atoms with E-state index in [-0.39, 0.29) is 11.3 Å². The first-order chi connectivity index (χ1) is 9.97. The van der Waals surface area contributed by atoms with Gasteiger partial charge in [0.25, 0.3) is 0 Å². The first-order valence-electron chi connectivity index (χ1n) is 8.01. The molecule has 0 saturated carbocycles. The zero-order chi connectivity index (χ0) is 15.9. The quantitative estimate of drug-likeness (QED) is 0.756. The van der Waals surface area contributed by atoms with Gasteiger partial charge in [-0.05, 0) is 44.9 Å². The Morgan fingerprint density at radius 1 is 1.05 bits per heavy atom. The zero-order valence-electron chi connectivity index (χ0n) is 13.7. The third-order valence-electron chi connectivity index (χ3n) is 3.86. The molecule has 1 aromatic carbocycles. The van der Waals surface area contributed by atoms with Crippen molar-refractivity contribution in [1.29, 1.82) is 0 Å². The molecule has 0 aliphatic carbocycles. The maximum Gasteiger partial charge on any atom is 0.182 e. The Morgan fingerprint density at radius 2 is 1.67 bits per heavy atom. The molecule has 0 radical (unpaired) electrons. The highest BCUT2D eigenvalue weighted by atomic mass is 32.2. The van der Waals surface area contributed by atoms with Crippen LogP contribution in [0.5, 0.6) is 0 Å². The van der Waals surface area contributed by atoms with E-state index in [4.69, 9.17) is 0 Å². The highest BCUT2D eigenvalue weighted by molar-refractivity contribution is 7.92. The van der Waals surface area contributed by atoms with Crippen LogP contribution in [0.2, 0.25) is 0 Å². The largest absolute Gasteiger partial charge is 0.313 e. The molecule has 0 heterocycles. The molecule has 1 rings (SSSR count). The van der Waals surface area contributed by atoms with Crippen molar-refractivity contribution >= 4 is 9.84 Å². The predicted molar refractivity (Wildman–Crippen MR) is 89.4 cm³/mol. The van der Waals surface area contributed by atoms with Crippen LogP contribution in [-0.4, -0.2) is 26.3 Å². The average Bonchev–Trinajstić information content (AvgIpc) is 2.45. The second-order valence-electron chi connectivity index (χ2n) is 5.65. The number of benzene rings is 1. The van der Waals surface area contributed by atoms with Crippen LogP contribution < -0.4 is 5.32 Å². The number of nitrogens with one attached hydrogen (secondary N) is 1. The summed E-state index contributed by atoms with van der Waals surface area (Å²) in [6.45, 7) is 9.00. The average molecular weight is 311 g/mol. The summed E-state index contributed by atoms with van der Waals surface area (Å²) in [6.07, 6.45) is 3.53. The van der Waals surface area contributed by atoms with Gasteiger partial charge >= 0.3 is 0 Å². The molecule has 120 valence electrons. The van der Waals surface area contributed by atoms with E-state index >= 15 is 0 Å². The van der Waals surface area contributed by atoms with Crippen molar-refractivity contribution in [3.05, 3.63) is 29.8 Å². The Morgan fingerprint density at radius 3 is 2.14 bits per heavy atom. The molecule has 0 fully saturated rings. The van der Waals surface area contributed by atoms with E-state index in [2.05, 4.69) is 19.2 Å². The third kappa shape index (κ3) is 4.82. The lowest BCUT2D eigenvalue weighted by molar-refractivity contribution is 0.436. The summed E-state index contributed by atoms with van der Waals surface area (Å²) in [5.74, 6) is 0. The molecule has 0 bridgehead atoms. The topological polar surface area (TPSA) is 46.2 Å². The second kappa shape index (κ2) is 8.54. The van der Waals surface area contributed by atoms with E-state index in [0.717, 1.165) is 31.4 Å². The molecule has 1 N–H and O–H groups in total. The summed E-state index contributed by atoms with van der Waals surface area (Å²) >= 11 is 0. The van der Waals surface area contributed by atoms with E-state index in [0.29, 0.717) is 11.3 Å². The van der Waals surface area contributed by atoms with Crippen molar-refractivity contribution in [3.63, 3.8) is 0 Å². The molecule has 0 saturated heterocycles. The van der Waals surface area contributed by atoms with Gasteiger partial charge in [0.1, 0.15) is 0 Å². The molecule has 0 amide bonds. The van der Waals surface area contributed by atoms with E-state index < -0.39 is 9.84 Å². The Balaban J connectivity index is 3.06. The summed E-state index contributed by atoms with van der Waals surface area (Å²) < 4.78 is 25.8. The fraction of sp³-hybridized carbons (Fsp3) is 0.647. The van der Waals surface area contributed by atoms with Gasteiger partial charge < -0.3 is 5.32 Å². The minimum atomic E-state index is -3.28. The number of hydrogen-bond donors (Lipinski definition) is 1. The van der Waals surface area contributed by atoms with Crippen LogP contribution in [-0.2, 0) is 9.84 Å². The summed E-state index contributed by atoms with van der Waals surface area (Å²) in [5, 5.41) is 3.07. The fourth-order valence-electron chi connectivity index (χ4n) is 2.68. The second-order valence-corrected chi connectivity index (χ2v) is 7.82. The molecular formula is C17H29NO2S. The number of rotatable bonds is 9. The summed E-state index contributed by atoms with van der Waals surface area (Å²) in [7, 11) is -3.28. The van der Waals surface area contributed by atoms with Crippen LogP contribution >= 0.6 is 0 Å². The number of aryl methyl sites for hydroxylation is 1. The first kappa shape index (κ1) is 18.2. The fourth-order valence-corrected chi connectivity index (χ4v) is 4.65. The lowest BCUT2D eigenvalue weighted by Gasteiger charge is -2.27. The Labute approximate surface area is 130 Å². The van der Waals surface area contributed by atoms with E-state index in [1.165, 1.54) is 0 Å². The Bertz CT molecular complexity index is 508. The summed E-state index contributed by atoms with van der Waals surface area (Å²) in [6, 6.07) is 7.24. The molecule has 1 aromatic rings. The first-order valence-corrected chi connectivity index (χ1v) is 9.55. The van der Waals surface area contributed by atoms with Crippen LogP contribution in [0.25, 0.3) is 0 Å². The molecule has 3 nitrogen and oxygen atoms in total. The van der Waals surface area contributed by atoms with Gasteiger partial charge in [-0.1, -0.05) is 44.9 Å². The smallest absolute Gasteiger partial charge is 0.182 e. The molecular weight excluding hydrogens is 282 g/mol. The molecule has 21 heavy (non-hydrogen) atoms.